The number of anilines is 1. The monoisotopic (exact) mass is 360 g/mol. The van der Waals surface area contributed by atoms with Crippen molar-refractivity contribution in [3.8, 4) is 0 Å². The molecule has 0 N–H and O–H groups in total. The second-order valence-corrected chi connectivity index (χ2v) is 8.15. The van der Waals surface area contributed by atoms with Gasteiger partial charge in [-0.1, -0.05) is 0 Å². The molecule has 7 heteroatoms. The Kier molecular flexibility index (Phi) is 5.29. The smallest absolute Gasteiger partial charge is 0.330 e. The molecule has 1 amide bonds. The number of piperazine rings is 1. The Hall–Kier alpha value is -1.99. The van der Waals surface area contributed by atoms with E-state index < -0.39 is 5.41 Å². The van der Waals surface area contributed by atoms with Crippen LogP contribution in [0.1, 0.15) is 33.3 Å². The van der Waals surface area contributed by atoms with Crippen LogP contribution >= 0.6 is 0 Å². The summed E-state index contributed by atoms with van der Waals surface area (Å²) in [5, 5.41) is 1.74. The molecular weight excluding hydrogens is 332 g/mol. The van der Waals surface area contributed by atoms with E-state index in [1.807, 2.05) is 44.9 Å². The van der Waals surface area contributed by atoms with Crippen LogP contribution in [0.2, 0.25) is 0 Å². The summed E-state index contributed by atoms with van der Waals surface area (Å²) in [6.45, 7) is 10.7. The van der Waals surface area contributed by atoms with E-state index in [0.717, 1.165) is 24.2 Å². The molecule has 3 heterocycles. The summed E-state index contributed by atoms with van der Waals surface area (Å²) in [5.74, 6) is -0.113. The molecule has 0 bridgehead atoms. The molecular formula is C19H28N4O3. The van der Waals surface area contributed by atoms with Gasteiger partial charge in [0.25, 0.3) is 0 Å². The average Bonchev–Trinajstić information content (AvgIpc) is 3.00. The molecule has 2 aliphatic heterocycles. The Labute approximate surface area is 154 Å². The first-order valence-corrected chi connectivity index (χ1v) is 9.20. The van der Waals surface area contributed by atoms with Gasteiger partial charge in [0.2, 0.25) is 5.91 Å². The van der Waals surface area contributed by atoms with Crippen molar-refractivity contribution in [1.29, 1.82) is 0 Å². The van der Waals surface area contributed by atoms with Gasteiger partial charge in [-0.3, -0.25) is 14.7 Å². The van der Waals surface area contributed by atoms with Crippen LogP contribution in [0, 0.1) is 5.41 Å². The molecule has 26 heavy (non-hydrogen) atoms. The minimum absolute atomic E-state index is 0.0536. The molecule has 1 atom stereocenters. The summed E-state index contributed by atoms with van der Waals surface area (Å²) in [4.78, 5) is 38.5. The molecule has 1 fully saturated rings. The highest BCUT2D eigenvalue weighted by atomic mass is 16.7. The van der Waals surface area contributed by atoms with Crippen molar-refractivity contribution in [2.75, 3.05) is 37.6 Å². The van der Waals surface area contributed by atoms with Gasteiger partial charge >= 0.3 is 5.97 Å². The van der Waals surface area contributed by atoms with Crippen LogP contribution < -0.4 is 4.90 Å². The fraction of sp³-hybridized carbons (Fsp3) is 0.632. The number of carbonyl (C=O) groups is 2. The summed E-state index contributed by atoms with van der Waals surface area (Å²) in [7, 11) is 0. The maximum Gasteiger partial charge on any atom is 0.330 e. The number of pyridine rings is 1. The molecule has 0 aliphatic carbocycles. The number of aromatic nitrogens is 1. The first kappa shape index (κ1) is 18.8. The van der Waals surface area contributed by atoms with Crippen molar-refractivity contribution in [3.63, 3.8) is 0 Å². The second-order valence-electron chi connectivity index (χ2n) is 8.15. The molecule has 7 nitrogen and oxygen atoms in total. The van der Waals surface area contributed by atoms with Crippen molar-refractivity contribution in [1.82, 2.24) is 14.9 Å². The van der Waals surface area contributed by atoms with Gasteiger partial charge in [0.1, 0.15) is 0 Å². The van der Waals surface area contributed by atoms with Gasteiger partial charge in [0.15, 0.2) is 0 Å². The lowest BCUT2D eigenvalue weighted by Crippen LogP contribution is -2.55. The van der Waals surface area contributed by atoms with Crippen LogP contribution in [0.3, 0.4) is 0 Å². The van der Waals surface area contributed by atoms with E-state index in [1.165, 1.54) is 0 Å². The van der Waals surface area contributed by atoms with Crippen molar-refractivity contribution >= 4 is 17.6 Å². The highest BCUT2D eigenvalue weighted by Gasteiger charge is 2.33. The van der Waals surface area contributed by atoms with E-state index in [1.54, 1.807) is 11.3 Å². The zero-order chi connectivity index (χ0) is 18.9. The third-order valence-corrected chi connectivity index (χ3v) is 4.90. The van der Waals surface area contributed by atoms with Gasteiger partial charge in [-0.05, 0) is 45.7 Å². The molecule has 3 rings (SSSR count). The summed E-state index contributed by atoms with van der Waals surface area (Å²) in [5.41, 5.74) is 1.59. The Balaban J connectivity index is 1.54. The Bertz CT molecular complexity index is 686. The lowest BCUT2D eigenvalue weighted by Gasteiger charge is -2.39. The van der Waals surface area contributed by atoms with Crippen molar-refractivity contribution in [2.45, 2.75) is 40.2 Å². The molecule has 142 valence electrons. The van der Waals surface area contributed by atoms with E-state index in [2.05, 4.69) is 9.88 Å². The van der Waals surface area contributed by atoms with Crippen LogP contribution in [0.15, 0.2) is 18.5 Å². The maximum atomic E-state index is 12.7. The van der Waals surface area contributed by atoms with Gasteiger partial charge in [-0.2, -0.15) is 0 Å². The predicted octanol–water partition coefficient (Wildman–Crippen LogP) is 1.48. The number of amides is 1. The number of nitrogens with zero attached hydrogens (tertiary/aromatic N) is 4. The van der Waals surface area contributed by atoms with Crippen LogP contribution in [-0.2, 0) is 20.8 Å². The summed E-state index contributed by atoms with van der Waals surface area (Å²) in [6.07, 6.45) is 4.43. The van der Waals surface area contributed by atoms with Crippen molar-refractivity contribution in [3.05, 3.63) is 24.0 Å². The van der Waals surface area contributed by atoms with E-state index in [9.17, 15) is 9.59 Å². The van der Waals surface area contributed by atoms with Gasteiger partial charge in [-0.25, -0.2) is 4.79 Å². The number of hydrogen-bond acceptors (Lipinski definition) is 6. The SMILES string of the molecule is C[C@@H]1CN(CC(=O)N2CCc3cnccc32)CCN1OC(=O)C(C)(C)C. The number of rotatable bonds is 3. The normalized spacial score (nSPS) is 21.5. The van der Waals surface area contributed by atoms with Gasteiger partial charge in [-0.15, -0.1) is 5.06 Å². The topological polar surface area (TPSA) is 66.0 Å². The summed E-state index contributed by atoms with van der Waals surface area (Å²) < 4.78 is 0. The van der Waals surface area contributed by atoms with E-state index >= 15 is 0 Å². The molecule has 0 spiro atoms. The Morgan fingerprint density at radius 2 is 2.04 bits per heavy atom. The van der Waals surface area contributed by atoms with E-state index in [4.69, 9.17) is 4.84 Å². The summed E-state index contributed by atoms with van der Waals surface area (Å²) >= 11 is 0. The largest absolute Gasteiger partial charge is 0.367 e. The molecule has 0 aromatic carbocycles. The van der Waals surface area contributed by atoms with Crippen LogP contribution in [-0.4, -0.2) is 65.6 Å². The quantitative estimate of drug-likeness (QED) is 0.814. The third kappa shape index (κ3) is 4.04. The van der Waals surface area contributed by atoms with E-state index in [-0.39, 0.29) is 17.9 Å². The number of carbonyl (C=O) groups excluding carboxylic acids is 2. The van der Waals surface area contributed by atoms with Gasteiger partial charge < -0.3 is 9.74 Å². The van der Waals surface area contributed by atoms with E-state index in [0.29, 0.717) is 26.2 Å². The average molecular weight is 360 g/mol. The molecule has 0 unspecified atom stereocenters. The number of fused-ring (bicyclic) bond motifs is 1. The third-order valence-electron chi connectivity index (χ3n) is 4.90. The minimum atomic E-state index is -0.523. The highest BCUT2D eigenvalue weighted by Crippen LogP contribution is 2.27. The molecule has 1 aromatic heterocycles. The molecule has 0 radical (unpaired) electrons. The van der Waals surface area contributed by atoms with Gasteiger partial charge in [0.05, 0.1) is 18.0 Å². The minimum Gasteiger partial charge on any atom is -0.367 e. The Morgan fingerprint density at radius 1 is 1.27 bits per heavy atom. The van der Waals surface area contributed by atoms with Crippen molar-refractivity contribution in [2.24, 2.45) is 5.41 Å². The van der Waals surface area contributed by atoms with Crippen LogP contribution in [0.4, 0.5) is 5.69 Å². The van der Waals surface area contributed by atoms with Crippen molar-refractivity contribution < 1.29 is 14.4 Å². The summed E-state index contributed by atoms with van der Waals surface area (Å²) in [6, 6.07) is 1.96. The zero-order valence-electron chi connectivity index (χ0n) is 16.1. The first-order valence-electron chi connectivity index (χ1n) is 9.20. The Morgan fingerprint density at radius 3 is 2.73 bits per heavy atom. The lowest BCUT2D eigenvalue weighted by atomic mass is 9.98. The standard InChI is InChI=1S/C19H28N4O3/c1-14-12-21(9-10-23(14)26-18(25)19(2,3)4)13-17(24)22-8-6-15-11-20-7-5-16(15)22/h5,7,11,14H,6,8-10,12-13H2,1-4H3/t14-/m1/s1. The molecule has 0 saturated carbocycles. The number of hydroxylamine groups is 2. The van der Waals surface area contributed by atoms with Gasteiger partial charge in [0, 0.05) is 44.3 Å². The lowest BCUT2D eigenvalue weighted by molar-refractivity contribution is -0.219. The zero-order valence-corrected chi connectivity index (χ0v) is 16.1. The fourth-order valence-corrected chi connectivity index (χ4v) is 3.30. The molecule has 2 aliphatic rings. The first-order chi connectivity index (χ1) is 12.3. The highest BCUT2D eigenvalue weighted by molar-refractivity contribution is 5.96. The fourth-order valence-electron chi connectivity index (χ4n) is 3.30. The predicted molar refractivity (Wildman–Crippen MR) is 98.4 cm³/mol. The van der Waals surface area contributed by atoms with Crippen LogP contribution in [0.5, 0.6) is 0 Å². The second kappa shape index (κ2) is 7.32. The maximum absolute atomic E-state index is 12.7. The van der Waals surface area contributed by atoms with Crippen LogP contribution in [0.25, 0.3) is 0 Å². The molecule has 1 saturated heterocycles. The molecule has 1 aromatic rings. The number of hydrogen-bond donors (Lipinski definition) is 0.